The molecular formula is C18H19N5O. The van der Waals surface area contributed by atoms with Crippen LogP contribution in [0.2, 0.25) is 0 Å². The molecular weight excluding hydrogens is 302 g/mol. The molecule has 0 aliphatic carbocycles. The first-order chi connectivity index (χ1) is 11.7. The molecule has 0 saturated heterocycles. The Labute approximate surface area is 140 Å². The molecule has 24 heavy (non-hydrogen) atoms. The lowest BCUT2D eigenvalue weighted by atomic mass is 10.1. The van der Waals surface area contributed by atoms with E-state index in [1.807, 2.05) is 52.3 Å². The highest BCUT2D eigenvalue weighted by atomic mass is 16.2. The predicted octanol–water partition coefficient (Wildman–Crippen LogP) is 2.43. The van der Waals surface area contributed by atoms with Crippen molar-refractivity contribution >= 4 is 5.91 Å². The van der Waals surface area contributed by atoms with Crippen LogP contribution in [0.15, 0.2) is 49.1 Å². The summed E-state index contributed by atoms with van der Waals surface area (Å²) in [6, 6.07) is 7.61. The van der Waals surface area contributed by atoms with Gasteiger partial charge in [0, 0.05) is 42.9 Å². The zero-order valence-electron chi connectivity index (χ0n) is 13.5. The summed E-state index contributed by atoms with van der Waals surface area (Å²) in [6.45, 7) is 3.48. The molecule has 6 heteroatoms. The summed E-state index contributed by atoms with van der Waals surface area (Å²) >= 11 is 0. The van der Waals surface area contributed by atoms with Gasteiger partial charge in [0.05, 0.1) is 11.8 Å². The van der Waals surface area contributed by atoms with Crippen LogP contribution >= 0.6 is 0 Å². The van der Waals surface area contributed by atoms with Gasteiger partial charge in [-0.05, 0) is 36.6 Å². The number of nitrogens with one attached hydrogen (secondary N) is 1. The SMILES string of the molecule is CC1Cc2[nH]ncc2CN(C(=O)c2ccc(-n3cccc3)nc2)C1. The molecule has 0 radical (unpaired) electrons. The van der Waals surface area contributed by atoms with Crippen LogP contribution in [0.3, 0.4) is 0 Å². The van der Waals surface area contributed by atoms with Gasteiger partial charge >= 0.3 is 0 Å². The Morgan fingerprint density at radius 2 is 2.08 bits per heavy atom. The number of H-pyrrole nitrogens is 1. The highest BCUT2D eigenvalue weighted by Gasteiger charge is 2.25. The molecule has 1 amide bonds. The smallest absolute Gasteiger partial charge is 0.255 e. The second kappa shape index (κ2) is 5.96. The average molecular weight is 321 g/mol. The van der Waals surface area contributed by atoms with Crippen LogP contribution in [0, 0.1) is 5.92 Å². The van der Waals surface area contributed by atoms with Gasteiger partial charge in [-0.2, -0.15) is 5.10 Å². The largest absolute Gasteiger partial charge is 0.334 e. The van der Waals surface area contributed by atoms with E-state index in [-0.39, 0.29) is 5.91 Å². The fraction of sp³-hybridized carbons (Fsp3) is 0.278. The lowest BCUT2D eigenvalue weighted by Gasteiger charge is -2.23. The van der Waals surface area contributed by atoms with Crippen LogP contribution in [-0.2, 0) is 13.0 Å². The molecule has 1 unspecified atom stereocenters. The molecule has 0 aromatic carbocycles. The molecule has 0 saturated carbocycles. The van der Waals surface area contributed by atoms with Crippen molar-refractivity contribution in [2.45, 2.75) is 19.9 Å². The highest BCUT2D eigenvalue weighted by molar-refractivity contribution is 5.94. The van der Waals surface area contributed by atoms with Gasteiger partial charge in [-0.25, -0.2) is 4.98 Å². The Hall–Kier alpha value is -2.89. The number of hydrogen-bond donors (Lipinski definition) is 1. The molecule has 1 aliphatic rings. The van der Waals surface area contributed by atoms with Crippen molar-refractivity contribution in [3.63, 3.8) is 0 Å². The molecule has 3 aromatic rings. The van der Waals surface area contributed by atoms with Crippen molar-refractivity contribution in [3.05, 3.63) is 65.9 Å². The quantitative estimate of drug-likeness (QED) is 0.788. The van der Waals surface area contributed by atoms with Crippen LogP contribution in [0.4, 0.5) is 0 Å². The van der Waals surface area contributed by atoms with E-state index in [1.54, 1.807) is 6.20 Å². The number of amides is 1. The first-order valence-electron chi connectivity index (χ1n) is 8.10. The molecule has 1 aliphatic heterocycles. The van der Waals surface area contributed by atoms with E-state index < -0.39 is 0 Å². The lowest BCUT2D eigenvalue weighted by Crippen LogP contribution is -2.33. The summed E-state index contributed by atoms with van der Waals surface area (Å²) in [5, 5.41) is 7.16. The first-order valence-corrected chi connectivity index (χ1v) is 8.10. The molecule has 6 nitrogen and oxygen atoms in total. The molecule has 0 bridgehead atoms. The van der Waals surface area contributed by atoms with Gasteiger partial charge in [-0.15, -0.1) is 0 Å². The van der Waals surface area contributed by atoms with Crippen LogP contribution < -0.4 is 0 Å². The van der Waals surface area contributed by atoms with Crippen molar-refractivity contribution in [1.29, 1.82) is 0 Å². The second-order valence-electron chi connectivity index (χ2n) is 6.36. The van der Waals surface area contributed by atoms with Crippen molar-refractivity contribution in [3.8, 4) is 5.82 Å². The van der Waals surface area contributed by atoms with Gasteiger partial charge in [0.1, 0.15) is 5.82 Å². The third-order valence-electron chi connectivity index (χ3n) is 4.40. The van der Waals surface area contributed by atoms with Crippen molar-refractivity contribution in [2.75, 3.05) is 6.54 Å². The van der Waals surface area contributed by atoms with Crippen LogP contribution in [0.1, 0.15) is 28.5 Å². The zero-order chi connectivity index (χ0) is 16.5. The number of hydrogen-bond acceptors (Lipinski definition) is 3. The average Bonchev–Trinajstić information content (AvgIpc) is 3.24. The zero-order valence-corrected chi connectivity index (χ0v) is 13.5. The first kappa shape index (κ1) is 14.7. The fourth-order valence-corrected chi connectivity index (χ4v) is 3.20. The van der Waals surface area contributed by atoms with Gasteiger partial charge in [-0.1, -0.05) is 6.92 Å². The number of nitrogens with zero attached hydrogens (tertiary/aromatic N) is 4. The Morgan fingerprint density at radius 1 is 1.25 bits per heavy atom. The standard InChI is InChI=1S/C18H19N5O/c1-13-8-16-15(10-20-21-16)12-23(11-13)18(24)14-4-5-17(19-9-14)22-6-2-3-7-22/h2-7,9-10,13H,8,11-12H2,1H3,(H,20,21). The Morgan fingerprint density at radius 3 is 2.83 bits per heavy atom. The summed E-state index contributed by atoms with van der Waals surface area (Å²) < 4.78 is 1.92. The monoisotopic (exact) mass is 321 g/mol. The second-order valence-corrected chi connectivity index (χ2v) is 6.36. The number of carbonyl (C=O) groups excluding carboxylic acids is 1. The maximum absolute atomic E-state index is 12.9. The van der Waals surface area contributed by atoms with Crippen LogP contribution in [-0.4, -0.2) is 37.1 Å². The molecule has 0 spiro atoms. The molecule has 4 heterocycles. The summed E-state index contributed by atoms with van der Waals surface area (Å²) in [6.07, 6.45) is 8.26. The van der Waals surface area contributed by atoms with Crippen LogP contribution in [0.25, 0.3) is 5.82 Å². The number of carbonyl (C=O) groups is 1. The molecule has 3 aromatic heterocycles. The van der Waals surface area contributed by atoms with Gasteiger partial charge in [-0.3, -0.25) is 9.89 Å². The summed E-state index contributed by atoms with van der Waals surface area (Å²) in [7, 11) is 0. The number of aromatic nitrogens is 4. The summed E-state index contributed by atoms with van der Waals surface area (Å²) in [4.78, 5) is 19.2. The Balaban J connectivity index is 1.57. The fourth-order valence-electron chi connectivity index (χ4n) is 3.20. The molecule has 4 rings (SSSR count). The topological polar surface area (TPSA) is 66.8 Å². The van der Waals surface area contributed by atoms with Gasteiger partial charge in [0.2, 0.25) is 0 Å². The van der Waals surface area contributed by atoms with E-state index in [0.29, 0.717) is 18.0 Å². The third-order valence-corrected chi connectivity index (χ3v) is 4.40. The van der Waals surface area contributed by atoms with E-state index in [4.69, 9.17) is 0 Å². The number of fused-ring (bicyclic) bond motifs is 1. The van der Waals surface area contributed by atoms with Crippen molar-refractivity contribution in [2.24, 2.45) is 5.92 Å². The van der Waals surface area contributed by atoms with Gasteiger partial charge < -0.3 is 9.47 Å². The maximum atomic E-state index is 12.9. The molecule has 1 N–H and O–H groups in total. The molecule has 0 fully saturated rings. The minimum atomic E-state index is 0.0162. The van der Waals surface area contributed by atoms with E-state index in [0.717, 1.165) is 30.0 Å². The van der Waals surface area contributed by atoms with E-state index in [9.17, 15) is 4.79 Å². The third kappa shape index (κ3) is 2.71. The van der Waals surface area contributed by atoms with E-state index in [2.05, 4.69) is 22.1 Å². The van der Waals surface area contributed by atoms with Gasteiger partial charge in [0.25, 0.3) is 5.91 Å². The Bertz CT molecular complexity index is 835. The number of rotatable bonds is 2. The lowest BCUT2D eigenvalue weighted by molar-refractivity contribution is 0.0725. The molecule has 122 valence electrons. The minimum Gasteiger partial charge on any atom is -0.334 e. The van der Waals surface area contributed by atoms with Gasteiger partial charge in [0.15, 0.2) is 0 Å². The normalized spacial score (nSPS) is 17.4. The maximum Gasteiger partial charge on any atom is 0.255 e. The molecule has 1 atom stereocenters. The summed E-state index contributed by atoms with van der Waals surface area (Å²) in [5.41, 5.74) is 2.86. The Kier molecular flexibility index (Phi) is 3.65. The van der Waals surface area contributed by atoms with Crippen molar-refractivity contribution in [1.82, 2.24) is 24.6 Å². The number of pyridine rings is 1. The van der Waals surface area contributed by atoms with Crippen LogP contribution in [0.5, 0.6) is 0 Å². The summed E-state index contributed by atoms with van der Waals surface area (Å²) in [5.74, 6) is 1.21. The highest BCUT2D eigenvalue weighted by Crippen LogP contribution is 2.21. The minimum absolute atomic E-state index is 0.0162. The van der Waals surface area contributed by atoms with E-state index >= 15 is 0 Å². The predicted molar refractivity (Wildman–Crippen MR) is 89.8 cm³/mol. The van der Waals surface area contributed by atoms with E-state index in [1.165, 1.54) is 0 Å². The number of aromatic amines is 1. The van der Waals surface area contributed by atoms with Crippen molar-refractivity contribution < 1.29 is 4.79 Å².